The third-order valence-corrected chi connectivity index (χ3v) is 1.36. The van der Waals surface area contributed by atoms with Crippen LogP contribution in [0.2, 0.25) is 0 Å². The van der Waals surface area contributed by atoms with Gasteiger partial charge < -0.3 is 16.2 Å². The van der Waals surface area contributed by atoms with Crippen LogP contribution in [0.4, 0.5) is 4.79 Å². The lowest BCUT2D eigenvalue weighted by Crippen LogP contribution is -2.31. The largest absolute Gasteiger partial charge is 0.444 e. The van der Waals surface area contributed by atoms with E-state index in [1.54, 1.807) is 0 Å². The number of nitrogens with two attached hydrogens (primary N) is 2. The van der Waals surface area contributed by atoms with Gasteiger partial charge in [-0.1, -0.05) is 0 Å². The summed E-state index contributed by atoms with van der Waals surface area (Å²) in [6.07, 6.45) is 0.847. The maximum atomic E-state index is 10.3. The number of carbonyl (C=O) groups excluding carboxylic acids is 1. The Bertz CT molecular complexity index is 134. The molecule has 0 aliphatic carbocycles. The summed E-state index contributed by atoms with van der Waals surface area (Å²) in [7, 11) is 0. The first-order valence-electron chi connectivity index (χ1n) is 3.66. The van der Waals surface area contributed by atoms with Crippen molar-refractivity contribution in [2.24, 2.45) is 11.5 Å². The lowest BCUT2D eigenvalue weighted by atomic mass is 10.0. The molecule has 0 atom stereocenters. The van der Waals surface area contributed by atoms with Gasteiger partial charge in [0, 0.05) is 0 Å². The highest BCUT2D eigenvalue weighted by molar-refractivity contribution is 5.65. The summed E-state index contributed by atoms with van der Waals surface area (Å²) in [5.74, 6) is 0. The molecule has 0 aromatic heterocycles. The first-order valence-corrected chi connectivity index (χ1v) is 3.66. The zero-order valence-electron chi connectivity index (χ0n) is 7.09. The van der Waals surface area contributed by atoms with E-state index in [2.05, 4.69) is 0 Å². The van der Waals surface area contributed by atoms with Crippen molar-refractivity contribution in [1.82, 2.24) is 0 Å². The second-order valence-corrected chi connectivity index (χ2v) is 3.07. The van der Waals surface area contributed by atoms with Gasteiger partial charge in [0.05, 0.1) is 0 Å². The molecule has 0 saturated heterocycles. The van der Waals surface area contributed by atoms with Crippen LogP contribution >= 0.6 is 0 Å². The number of rotatable bonds is 4. The van der Waals surface area contributed by atoms with E-state index in [1.165, 1.54) is 0 Å². The molecule has 0 fully saturated rings. The highest BCUT2D eigenvalue weighted by Crippen LogP contribution is 2.15. The quantitative estimate of drug-likeness (QED) is 0.632. The lowest BCUT2D eigenvalue weighted by Gasteiger charge is -2.23. The smallest absolute Gasteiger partial charge is 0.405 e. The van der Waals surface area contributed by atoms with Crippen molar-refractivity contribution >= 4 is 6.09 Å². The Balaban J connectivity index is 3.70. The van der Waals surface area contributed by atoms with E-state index in [4.69, 9.17) is 16.2 Å². The van der Waals surface area contributed by atoms with Gasteiger partial charge in [0.25, 0.3) is 0 Å². The number of primary amides is 1. The monoisotopic (exact) mass is 160 g/mol. The molecule has 0 radical (unpaired) electrons. The molecule has 0 aliphatic heterocycles. The van der Waals surface area contributed by atoms with Crippen LogP contribution < -0.4 is 11.5 Å². The van der Waals surface area contributed by atoms with Crippen LogP contribution in [0.1, 0.15) is 26.7 Å². The number of ether oxygens (including phenoxy) is 1. The Morgan fingerprint density at radius 1 is 1.55 bits per heavy atom. The third-order valence-electron chi connectivity index (χ3n) is 1.36. The Labute approximate surface area is 66.9 Å². The highest BCUT2D eigenvalue weighted by atomic mass is 16.6. The first kappa shape index (κ1) is 10.2. The van der Waals surface area contributed by atoms with Gasteiger partial charge in [0.15, 0.2) is 0 Å². The molecule has 0 unspecified atom stereocenters. The number of hydrogen-bond acceptors (Lipinski definition) is 3. The first-order chi connectivity index (χ1) is 4.98. The van der Waals surface area contributed by atoms with Crippen LogP contribution in [0, 0.1) is 0 Å². The number of amides is 1. The molecule has 66 valence electrons. The summed E-state index contributed by atoms with van der Waals surface area (Å²) in [6.45, 7) is 4.23. The van der Waals surface area contributed by atoms with Crippen LogP contribution in [0.25, 0.3) is 0 Å². The van der Waals surface area contributed by atoms with Gasteiger partial charge in [-0.3, -0.25) is 0 Å². The summed E-state index contributed by atoms with van der Waals surface area (Å²) in [6, 6.07) is 0. The zero-order valence-corrected chi connectivity index (χ0v) is 7.09. The number of hydrogen-bond donors (Lipinski definition) is 2. The molecule has 4 nitrogen and oxygen atoms in total. The Morgan fingerprint density at radius 2 is 2.09 bits per heavy atom. The van der Waals surface area contributed by atoms with Gasteiger partial charge in [-0.25, -0.2) is 4.79 Å². The summed E-state index contributed by atoms with van der Waals surface area (Å²) >= 11 is 0. The Morgan fingerprint density at radius 3 is 2.45 bits per heavy atom. The van der Waals surface area contributed by atoms with Gasteiger partial charge in [0.1, 0.15) is 5.60 Å². The maximum absolute atomic E-state index is 10.3. The van der Waals surface area contributed by atoms with Crippen molar-refractivity contribution in [3.05, 3.63) is 0 Å². The van der Waals surface area contributed by atoms with E-state index >= 15 is 0 Å². The molecule has 1 amide bonds. The fourth-order valence-electron chi connectivity index (χ4n) is 0.851. The second-order valence-electron chi connectivity index (χ2n) is 3.07. The molecule has 0 spiro atoms. The summed E-state index contributed by atoms with van der Waals surface area (Å²) in [5, 5.41) is 0. The molecule has 0 saturated carbocycles. The third kappa shape index (κ3) is 5.66. The van der Waals surface area contributed by atoms with E-state index in [0.717, 1.165) is 12.8 Å². The molecular weight excluding hydrogens is 144 g/mol. The average Bonchev–Trinajstić information content (AvgIpc) is 1.81. The van der Waals surface area contributed by atoms with Crippen molar-refractivity contribution in [1.29, 1.82) is 0 Å². The van der Waals surface area contributed by atoms with Crippen molar-refractivity contribution in [3.8, 4) is 0 Å². The van der Waals surface area contributed by atoms with Gasteiger partial charge in [-0.05, 0) is 33.2 Å². The van der Waals surface area contributed by atoms with Crippen LogP contribution in [-0.2, 0) is 4.74 Å². The SMILES string of the molecule is CC(C)(CCCN)OC(N)=O. The predicted octanol–water partition coefficient (Wildman–Crippen LogP) is 0.599. The molecule has 11 heavy (non-hydrogen) atoms. The van der Waals surface area contributed by atoms with Crippen molar-refractivity contribution in [2.45, 2.75) is 32.3 Å². The summed E-state index contributed by atoms with van der Waals surface area (Å²) in [5.41, 5.74) is 9.67. The molecule has 0 aliphatic rings. The standard InChI is InChI=1S/C7H16N2O2/c1-7(2,4-3-5-8)11-6(9)10/h3-5,8H2,1-2H3,(H2,9,10). The molecule has 0 aromatic rings. The van der Waals surface area contributed by atoms with Crippen molar-refractivity contribution < 1.29 is 9.53 Å². The van der Waals surface area contributed by atoms with Gasteiger partial charge >= 0.3 is 6.09 Å². The van der Waals surface area contributed by atoms with E-state index in [0.29, 0.717) is 6.54 Å². The lowest BCUT2D eigenvalue weighted by molar-refractivity contribution is 0.0382. The molecule has 4 heteroatoms. The van der Waals surface area contributed by atoms with Gasteiger partial charge in [-0.15, -0.1) is 0 Å². The van der Waals surface area contributed by atoms with Gasteiger partial charge in [-0.2, -0.15) is 0 Å². The summed E-state index contributed by atoms with van der Waals surface area (Å²) in [4.78, 5) is 10.3. The minimum Gasteiger partial charge on any atom is -0.444 e. The normalized spacial score (nSPS) is 11.2. The van der Waals surface area contributed by atoms with E-state index in [-0.39, 0.29) is 0 Å². The van der Waals surface area contributed by atoms with Crippen molar-refractivity contribution in [2.75, 3.05) is 6.54 Å². The topological polar surface area (TPSA) is 78.3 Å². The zero-order chi connectivity index (χ0) is 8.91. The molecule has 0 rings (SSSR count). The van der Waals surface area contributed by atoms with E-state index in [9.17, 15) is 4.79 Å². The predicted molar refractivity (Wildman–Crippen MR) is 43.0 cm³/mol. The van der Waals surface area contributed by atoms with Crippen LogP contribution in [0.5, 0.6) is 0 Å². The fourth-order valence-corrected chi connectivity index (χ4v) is 0.851. The van der Waals surface area contributed by atoms with Crippen LogP contribution in [0.3, 0.4) is 0 Å². The Kier molecular flexibility index (Phi) is 3.89. The molecule has 0 bridgehead atoms. The summed E-state index contributed by atoms with van der Waals surface area (Å²) < 4.78 is 4.82. The van der Waals surface area contributed by atoms with Crippen molar-refractivity contribution in [3.63, 3.8) is 0 Å². The van der Waals surface area contributed by atoms with Gasteiger partial charge in [0.2, 0.25) is 0 Å². The van der Waals surface area contributed by atoms with Crippen LogP contribution in [0.15, 0.2) is 0 Å². The number of carbonyl (C=O) groups is 1. The molecule has 0 heterocycles. The molecule has 0 aromatic carbocycles. The Hall–Kier alpha value is -0.770. The average molecular weight is 160 g/mol. The van der Waals surface area contributed by atoms with Crippen LogP contribution in [-0.4, -0.2) is 18.2 Å². The minimum atomic E-state index is -0.730. The highest BCUT2D eigenvalue weighted by Gasteiger charge is 2.20. The minimum absolute atomic E-state index is 0.481. The van der Waals surface area contributed by atoms with E-state index in [1.807, 2.05) is 13.8 Å². The second kappa shape index (κ2) is 4.18. The molecular formula is C7H16N2O2. The van der Waals surface area contributed by atoms with E-state index < -0.39 is 11.7 Å². The maximum Gasteiger partial charge on any atom is 0.405 e. The fraction of sp³-hybridized carbons (Fsp3) is 0.857. The molecule has 4 N–H and O–H groups in total.